The van der Waals surface area contributed by atoms with Crippen LogP contribution in [0, 0.1) is 11.7 Å². The van der Waals surface area contributed by atoms with Crippen molar-refractivity contribution in [1.82, 2.24) is 4.72 Å². The lowest BCUT2D eigenvalue weighted by atomic mass is 10.0. The van der Waals surface area contributed by atoms with Crippen LogP contribution in [0.2, 0.25) is 0 Å². The van der Waals surface area contributed by atoms with Gasteiger partial charge < -0.3 is 5.73 Å². The Labute approximate surface area is 119 Å². The lowest BCUT2D eigenvalue weighted by Crippen LogP contribution is -2.35. The van der Waals surface area contributed by atoms with Gasteiger partial charge in [-0.15, -0.1) is 0 Å². The van der Waals surface area contributed by atoms with Crippen LogP contribution in [-0.4, -0.2) is 14.5 Å². The molecule has 1 aliphatic carbocycles. The third-order valence-corrected chi connectivity index (χ3v) is 5.46. The minimum absolute atomic E-state index is 0.0902. The number of nitrogen functional groups attached to an aromatic ring is 1. The van der Waals surface area contributed by atoms with Crippen LogP contribution in [-0.2, 0) is 10.0 Å². The van der Waals surface area contributed by atoms with Crippen LogP contribution in [0.4, 0.5) is 10.1 Å². The third-order valence-electron chi connectivity index (χ3n) is 3.88. The Bertz CT molecular complexity index is 575. The zero-order valence-corrected chi connectivity index (χ0v) is 12.4. The van der Waals surface area contributed by atoms with Gasteiger partial charge in [-0.2, -0.15) is 0 Å². The first-order chi connectivity index (χ1) is 9.40. The molecule has 0 spiro atoms. The van der Waals surface area contributed by atoms with E-state index in [1.807, 2.05) is 0 Å². The van der Waals surface area contributed by atoms with Gasteiger partial charge in [-0.1, -0.05) is 25.8 Å². The molecule has 0 bridgehead atoms. The monoisotopic (exact) mass is 300 g/mol. The number of sulfonamides is 1. The van der Waals surface area contributed by atoms with E-state index < -0.39 is 15.8 Å². The Morgan fingerprint density at radius 3 is 2.75 bits per heavy atom. The summed E-state index contributed by atoms with van der Waals surface area (Å²) in [4.78, 5) is -0.171. The number of nitrogens with two attached hydrogens (primary N) is 1. The highest BCUT2D eigenvalue weighted by molar-refractivity contribution is 7.89. The first-order valence-corrected chi connectivity index (χ1v) is 8.45. The lowest BCUT2D eigenvalue weighted by Gasteiger charge is -2.17. The van der Waals surface area contributed by atoms with Crippen LogP contribution >= 0.6 is 0 Å². The molecule has 0 heterocycles. The van der Waals surface area contributed by atoms with Crippen molar-refractivity contribution in [1.29, 1.82) is 0 Å². The van der Waals surface area contributed by atoms with Gasteiger partial charge in [0.2, 0.25) is 10.0 Å². The molecule has 1 saturated carbocycles. The maximum absolute atomic E-state index is 13.4. The van der Waals surface area contributed by atoms with E-state index in [4.69, 9.17) is 5.73 Å². The van der Waals surface area contributed by atoms with Crippen LogP contribution < -0.4 is 10.5 Å². The van der Waals surface area contributed by atoms with Crippen molar-refractivity contribution in [2.75, 3.05) is 5.73 Å². The largest absolute Gasteiger partial charge is 0.395 e. The second-order valence-corrected chi connectivity index (χ2v) is 7.27. The summed E-state index contributed by atoms with van der Waals surface area (Å²) in [6.07, 6.45) is 4.77. The van der Waals surface area contributed by atoms with E-state index in [0.717, 1.165) is 38.2 Å². The highest BCUT2D eigenvalue weighted by Crippen LogP contribution is 2.25. The minimum atomic E-state index is -3.76. The molecule has 4 nitrogen and oxygen atoms in total. The Morgan fingerprint density at radius 2 is 2.00 bits per heavy atom. The van der Waals surface area contributed by atoms with E-state index in [-0.39, 0.29) is 16.6 Å². The van der Waals surface area contributed by atoms with Crippen molar-refractivity contribution >= 4 is 15.7 Å². The molecule has 0 amide bonds. The quantitative estimate of drug-likeness (QED) is 0.666. The number of hydrogen-bond acceptors (Lipinski definition) is 3. The van der Waals surface area contributed by atoms with Gasteiger partial charge in [-0.3, -0.25) is 0 Å². The van der Waals surface area contributed by atoms with Gasteiger partial charge in [0, 0.05) is 6.04 Å². The van der Waals surface area contributed by atoms with Gasteiger partial charge in [-0.25, -0.2) is 17.5 Å². The van der Waals surface area contributed by atoms with Crippen molar-refractivity contribution < 1.29 is 12.8 Å². The molecular formula is C14H21FN2O2S. The average Bonchev–Trinajstić information content (AvgIpc) is 2.57. The Kier molecular flexibility index (Phi) is 4.65. The number of hydrogen-bond donors (Lipinski definition) is 2. The van der Waals surface area contributed by atoms with Crippen LogP contribution in [0.5, 0.6) is 0 Å². The fourth-order valence-corrected chi connectivity index (χ4v) is 4.09. The topological polar surface area (TPSA) is 72.2 Å². The second kappa shape index (κ2) is 6.10. The first kappa shape index (κ1) is 15.3. The molecule has 2 unspecified atom stereocenters. The summed E-state index contributed by atoms with van der Waals surface area (Å²) < 4.78 is 40.7. The Hall–Kier alpha value is -1.14. The molecule has 0 radical (unpaired) electrons. The summed E-state index contributed by atoms with van der Waals surface area (Å²) in [7, 11) is -3.76. The smallest absolute Gasteiger partial charge is 0.242 e. The number of rotatable bonds is 3. The summed E-state index contributed by atoms with van der Waals surface area (Å²) >= 11 is 0. The fraction of sp³-hybridized carbons (Fsp3) is 0.571. The fourth-order valence-electron chi connectivity index (χ4n) is 2.64. The maximum Gasteiger partial charge on any atom is 0.242 e. The Morgan fingerprint density at radius 1 is 1.25 bits per heavy atom. The standard InChI is InChI=1S/C14H21FN2O2S/c1-10-4-2-5-11(9-8-10)17-20(18,19)13-7-3-6-12(15)14(13)16/h3,6-7,10-11,17H,2,4-5,8-9,16H2,1H3. The molecule has 20 heavy (non-hydrogen) atoms. The summed E-state index contributed by atoms with van der Waals surface area (Å²) in [5.74, 6) is -0.0777. The predicted molar refractivity (Wildman–Crippen MR) is 77.2 cm³/mol. The number of para-hydroxylation sites is 1. The normalized spacial score (nSPS) is 24.3. The summed E-state index contributed by atoms with van der Waals surface area (Å²) in [5, 5.41) is 0. The zero-order valence-electron chi connectivity index (χ0n) is 11.6. The number of benzene rings is 1. The van der Waals surface area contributed by atoms with E-state index in [1.165, 1.54) is 12.1 Å². The van der Waals surface area contributed by atoms with Gasteiger partial charge in [0.1, 0.15) is 10.7 Å². The van der Waals surface area contributed by atoms with Gasteiger partial charge in [-0.05, 0) is 37.3 Å². The lowest BCUT2D eigenvalue weighted by molar-refractivity contribution is 0.484. The third kappa shape index (κ3) is 3.49. The number of halogens is 1. The molecule has 3 N–H and O–H groups in total. The molecule has 2 rings (SSSR count). The number of anilines is 1. The van der Waals surface area contributed by atoms with Gasteiger partial charge in [0.15, 0.2) is 0 Å². The highest BCUT2D eigenvalue weighted by Gasteiger charge is 2.25. The van der Waals surface area contributed by atoms with Crippen LogP contribution in [0.25, 0.3) is 0 Å². The minimum Gasteiger partial charge on any atom is -0.395 e. The maximum atomic E-state index is 13.4. The number of nitrogens with one attached hydrogen (secondary N) is 1. The van der Waals surface area contributed by atoms with Gasteiger partial charge in [0.25, 0.3) is 0 Å². The van der Waals surface area contributed by atoms with Crippen molar-refractivity contribution in [3.05, 3.63) is 24.0 Å². The summed E-state index contributed by atoms with van der Waals surface area (Å²) in [6, 6.07) is 3.75. The van der Waals surface area contributed by atoms with Crippen molar-refractivity contribution in [2.45, 2.75) is 50.0 Å². The molecule has 2 atom stereocenters. The van der Waals surface area contributed by atoms with Crippen molar-refractivity contribution in [3.63, 3.8) is 0 Å². The van der Waals surface area contributed by atoms with Crippen molar-refractivity contribution in [3.8, 4) is 0 Å². The predicted octanol–water partition coefficient (Wildman–Crippen LogP) is 2.66. The van der Waals surface area contributed by atoms with Gasteiger partial charge >= 0.3 is 0 Å². The zero-order chi connectivity index (χ0) is 14.8. The second-order valence-electron chi connectivity index (χ2n) is 5.58. The molecule has 6 heteroatoms. The SMILES string of the molecule is CC1CCCC(NS(=O)(=O)c2cccc(F)c2N)CC1. The van der Waals surface area contributed by atoms with Gasteiger partial charge in [0.05, 0.1) is 5.69 Å². The summed E-state index contributed by atoms with van der Waals surface area (Å²) in [5.41, 5.74) is 5.21. The Balaban J connectivity index is 2.16. The molecule has 1 aromatic carbocycles. The molecule has 1 aromatic rings. The molecule has 0 aromatic heterocycles. The van der Waals surface area contributed by atoms with E-state index >= 15 is 0 Å². The van der Waals surface area contributed by atoms with Crippen LogP contribution in [0.15, 0.2) is 23.1 Å². The van der Waals surface area contributed by atoms with Crippen LogP contribution in [0.1, 0.15) is 39.0 Å². The highest BCUT2D eigenvalue weighted by atomic mass is 32.2. The van der Waals surface area contributed by atoms with E-state index in [9.17, 15) is 12.8 Å². The molecule has 1 fully saturated rings. The molecule has 0 aliphatic heterocycles. The average molecular weight is 300 g/mol. The molecule has 1 aliphatic rings. The van der Waals surface area contributed by atoms with E-state index in [0.29, 0.717) is 5.92 Å². The molecule has 0 saturated heterocycles. The van der Waals surface area contributed by atoms with E-state index in [2.05, 4.69) is 11.6 Å². The summed E-state index contributed by atoms with van der Waals surface area (Å²) in [6.45, 7) is 2.18. The molecule has 112 valence electrons. The van der Waals surface area contributed by atoms with Crippen molar-refractivity contribution in [2.24, 2.45) is 5.92 Å². The first-order valence-electron chi connectivity index (χ1n) is 6.96. The van der Waals surface area contributed by atoms with Crippen LogP contribution in [0.3, 0.4) is 0 Å². The van der Waals surface area contributed by atoms with E-state index in [1.54, 1.807) is 0 Å². The molecular weight excluding hydrogens is 279 g/mol.